The highest BCUT2D eigenvalue weighted by molar-refractivity contribution is 7.80. The van der Waals surface area contributed by atoms with Gasteiger partial charge in [-0.3, -0.25) is 14.9 Å². The highest BCUT2D eigenvalue weighted by atomic mass is 32.1. The molecule has 0 amide bonds. The number of non-ortho nitro benzene ring substituents is 1. The van der Waals surface area contributed by atoms with Crippen molar-refractivity contribution in [2.75, 3.05) is 32.6 Å². The average molecular weight is 470 g/mol. The molecule has 9 heteroatoms. The van der Waals surface area contributed by atoms with Gasteiger partial charge in [-0.15, -0.1) is 0 Å². The van der Waals surface area contributed by atoms with Crippen LogP contribution in [0.15, 0.2) is 36.4 Å². The molecule has 2 aromatic carbocycles. The molecule has 1 saturated heterocycles. The first-order valence-corrected chi connectivity index (χ1v) is 11.4. The summed E-state index contributed by atoms with van der Waals surface area (Å²) in [6.07, 6.45) is 3.49. The van der Waals surface area contributed by atoms with Crippen LogP contribution < -0.4 is 14.8 Å². The van der Waals surface area contributed by atoms with Crippen molar-refractivity contribution in [3.8, 4) is 11.5 Å². The standard InChI is InChI=1S/C24H27N3O5S/c1-31-21-12-16-11-17(23(28)20(16)14-22(21)32-2)10-15-6-8-26(9-7-15)24(33)25-18-4-3-5-19(13-18)27(29)30/h3-5,12-15,17H,6-11H2,1-2H3,(H,25,33). The lowest BCUT2D eigenvalue weighted by Crippen LogP contribution is -2.41. The monoisotopic (exact) mass is 469 g/mol. The van der Waals surface area contributed by atoms with E-state index in [1.54, 1.807) is 32.4 Å². The molecule has 1 atom stereocenters. The molecule has 1 aliphatic carbocycles. The smallest absolute Gasteiger partial charge is 0.271 e. The number of anilines is 1. The van der Waals surface area contributed by atoms with Crippen LogP contribution >= 0.6 is 12.2 Å². The lowest BCUT2D eigenvalue weighted by atomic mass is 9.85. The quantitative estimate of drug-likeness (QED) is 0.376. The number of ketones is 1. The number of Topliss-reactive ketones (excluding diaryl/α,β-unsaturated/α-hetero) is 1. The molecule has 1 heterocycles. The molecule has 0 saturated carbocycles. The second-order valence-corrected chi connectivity index (χ2v) is 8.92. The number of methoxy groups -OCH3 is 2. The number of benzene rings is 2. The Labute approximate surface area is 198 Å². The Hall–Kier alpha value is -3.20. The van der Waals surface area contributed by atoms with Crippen LogP contribution in [0.1, 0.15) is 35.2 Å². The molecule has 2 aliphatic rings. The predicted octanol–water partition coefficient (Wildman–Crippen LogP) is 4.47. The molecule has 0 radical (unpaired) electrons. The Morgan fingerprint density at radius 3 is 2.55 bits per heavy atom. The molecule has 0 spiro atoms. The third-order valence-corrected chi connectivity index (χ3v) is 6.90. The molecule has 174 valence electrons. The van der Waals surface area contributed by atoms with E-state index in [0.717, 1.165) is 49.9 Å². The number of hydrogen-bond donors (Lipinski definition) is 1. The first-order valence-electron chi connectivity index (χ1n) is 11.0. The van der Waals surface area contributed by atoms with Crippen LogP contribution in [-0.4, -0.2) is 48.0 Å². The number of carbonyl (C=O) groups excluding carboxylic acids is 1. The second-order valence-electron chi connectivity index (χ2n) is 8.53. The zero-order chi connectivity index (χ0) is 23.5. The van der Waals surface area contributed by atoms with E-state index in [2.05, 4.69) is 10.2 Å². The molecule has 2 aromatic rings. The van der Waals surface area contributed by atoms with Crippen molar-refractivity contribution < 1.29 is 19.2 Å². The number of piperidine rings is 1. The van der Waals surface area contributed by atoms with Gasteiger partial charge in [-0.05, 0) is 67.6 Å². The summed E-state index contributed by atoms with van der Waals surface area (Å²) >= 11 is 5.53. The SMILES string of the molecule is COc1cc2c(cc1OC)C(=O)C(CC1CCN(C(=S)Nc3cccc([N+](=O)[O-])c3)CC1)C2. The molecule has 1 fully saturated rings. The summed E-state index contributed by atoms with van der Waals surface area (Å²) in [5.74, 6) is 1.87. The number of rotatable bonds is 6. The van der Waals surface area contributed by atoms with Crippen LogP contribution in [0.3, 0.4) is 0 Å². The van der Waals surface area contributed by atoms with E-state index < -0.39 is 4.92 Å². The molecule has 1 N–H and O–H groups in total. The average Bonchev–Trinajstić information content (AvgIpc) is 3.12. The highest BCUT2D eigenvalue weighted by Gasteiger charge is 2.34. The largest absolute Gasteiger partial charge is 0.493 e. The van der Waals surface area contributed by atoms with Gasteiger partial charge in [-0.2, -0.15) is 0 Å². The van der Waals surface area contributed by atoms with Crippen LogP contribution in [0.25, 0.3) is 0 Å². The van der Waals surface area contributed by atoms with E-state index in [1.807, 2.05) is 6.07 Å². The van der Waals surface area contributed by atoms with Gasteiger partial charge < -0.3 is 19.7 Å². The zero-order valence-electron chi connectivity index (χ0n) is 18.7. The Kier molecular flexibility index (Phi) is 6.78. The maximum atomic E-state index is 13.0. The third kappa shape index (κ3) is 4.93. The third-order valence-electron chi connectivity index (χ3n) is 6.54. The fraction of sp³-hybridized carbons (Fsp3) is 0.417. The normalized spacial score (nSPS) is 18.1. The Morgan fingerprint density at radius 2 is 1.88 bits per heavy atom. The first kappa shape index (κ1) is 23.0. The molecule has 1 unspecified atom stereocenters. The van der Waals surface area contributed by atoms with Crippen molar-refractivity contribution in [3.05, 3.63) is 57.6 Å². The first-order chi connectivity index (χ1) is 15.9. The Morgan fingerprint density at radius 1 is 1.18 bits per heavy atom. The number of thiocarbonyl (C=S) groups is 1. The second kappa shape index (κ2) is 9.74. The lowest BCUT2D eigenvalue weighted by Gasteiger charge is -2.34. The van der Waals surface area contributed by atoms with E-state index in [1.165, 1.54) is 12.1 Å². The van der Waals surface area contributed by atoms with Gasteiger partial charge in [0.25, 0.3) is 5.69 Å². The van der Waals surface area contributed by atoms with E-state index in [-0.39, 0.29) is 17.4 Å². The number of carbonyl (C=O) groups is 1. The number of nitrogens with one attached hydrogen (secondary N) is 1. The summed E-state index contributed by atoms with van der Waals surface area (Å²) < 4.78 is 10.7. The van der Waals surface area contributed by atoms with E-state index in [4.69, 9.17) is 21.7 Å². The van der Waals surface area contributed by atoms with Crippen LogP contribution in [0.4, 0.5) is 11.4 Å². The van der Waals surface area contributed by atoms with Crippen molar-refractivity contribution in [1.82, 2.24) is 4.90 Å². The summed E-state index contributed by atoms with van der Waals surface area (Å²) in [7, 11) is 3.18. The van der Waals surface area contributed by atoms with Crippen molar-refractivity contribution in [2.24, 2.45) is 11.8 Å². The molecular weight excluding hydrogens is 442 g/mol. The summed E-state index contributed by atoms with van der Waals surface area (Å²) in [4.78, 5) is 25.6. The Bertz CT molecular complexity index is 1080. The van der Waals surface area contributed by atoms with Crippen LogP contribution in [0.5, 0.6) is 11.5 Å². The van der Waals surface area contributed by atoms with Crippen LogP contribution in [0, 0.1) is 22.0 Å². The van der Waals surface area contributed by atoms with Gasteiger partial charge in [-0.25, -0.2) is 0 Å². The Balaban J connectivity index is 1.31. The number of nitrogens with zero attached hydrogens (tertiary/aromatic N) is 2. The van der Waals surface area contributed by atoms with Crippen LogP contribution in [-0.2, 0) is 6.42 Å². The highest BCUT2D eigenvalue weighted by Crippen LogP contribution is 2.39. The number of likely N-dealkylation sites (tertiary alicyclic amines) is 1. The lowest BCUT2D eigenvalue weighted by molar-refractivity contribution is -0.384. The van der Waals surface area contributed by atoms with Gasteiger partial charge in [0.05, 0.1) is 19.1 Å². The molecule has 33 heavy (non-hydrogen) atoms. The predicted molar refractivity (Wildman–Crippen MR) is 129 cm³/mol. The molecule has 0 bridgehead atoms. The number of hydrogen-bond acceptors (Lipinski definition) is 6. The van der Waals surface area contributed by atoms with E-state index >= 15 is 0 Å². The number of fused-ring (bicyclic) bond motifs is 1. The minimum absolute atomic E-state index is 0.0108. The van der Waals surface area contributed by atoms with Gasteiger partial charge in [0.1, 0.15) is 0 Å². The van der Waals surface area contributed by atoms with Crippen molar-refractivity contribution in [1.29, 1.82) is 0 Å². The summed E-state index contributed by atoms with van der Waals surface area (Å²) in [6.45, 7) is 1.59. The molecule has 4 rings (SSSR count). The van der Waals surface area contributed by atoms with Gasteiger partial charge in [0.15, 0.2) is 22.4 Å². The minimum Gasteiger partial charge on any atom is -0.493 e. The fourth-order valence-corrected chi connectivity index (χ4v) is 5.06. The van der Waals surface area contributed by atoms with Crippen LogP contribution in [0.2, 0.25) is 0 Å². The van der Waals surface area contributed by atoms with Crippen molar-refractivity contribution >= 4 is 34.5 Å². The van der Waals surface area contributed by atoms with E-state index in [9.17, 15) is 14.9 Å². The fourth-order valence-electron chi connectivity index (χ4n) is 4.76. The van der Waals surface area contributed by atoms with Gasteiger partial charge >= 0.3 is 0 Å². The molecule has 1 aliphatic heterocycles. The molecule has 8 nitrogen and oxygen atoms in total. The minimum atomic E-state index is -0.422. The summed E-state index contributed by atoms with van der Waals surface area (Å²) in [5, 5.41) is 14.7. The summed E-state index contributed by atoms with van der Waals surface area (Å²) in [6, 6.07) is 10.1. The number of nitro benzene ring substituents is 1. The molecule has 0 aromatic heterocycles. The topological polar surface area (TPSA) is 93.9 Å². The molecular formula is C24H27N3O5S. The van der Waals surface area contributed by atoms with Gasteiger partial charge in [0.2, 0.25) is 0 Å². The maximum Gasteiger partial charge on any atom is 0.271 e. The van der Waals surface area contributed by atoms with Gasteiger partial charge in [-0.1, -0.05) is 6.07 Å². The maximum absolute atomic E-state index is 13.0. The van der Waals surface area contributed by atoms with E-state index in [0.29, 0.717) is 28.2 Å². The van der Waals surface area contributed by atoms with Crippen molar-refractivity contribution in [2.45, 2.75) is 25.7 Å². The number of ether oxygens (including phenoxy) is 2. The zero-order valence-corrected chi connectivity index (χ0v) is 19.5. The number of nitro groups is 1. The van der Waals surface area contributed by atoms with Gasteiger partial charge in [0, 0.05) is 42.4 Å². The van der Waals surface area contributed by atoms with Crippen molar-refractivity contribution in [3.63, 3.8) is 0 Å². The summed E-state index contributed by atoms with van der Waals surface area (Å²) in [5.41, 5.74) is 2.41.